The van der Waals surface area contributed by atoms with Gasteiger partial charge >= 0.3 is 5.97 Å². The topological polar surface area (TPSA) is 86.7 Å². The van der Waals surface area contributed by atoms with Crippen LogP contribution in [0.3, 0.4) is 0 Å². The second-order valence-corrected chi connectivity index (χ2v) is 7.86. The lowest BCUT2D eigenvalue weighted by Crippen LogP contribution is -2.48. The molecule has 1 aromatic carbocycles. The number of nitrogens with one attached hydrogen (secondary N) is 1. The van der Waals surface area contributed by atoms with E-state index in [4.69, 9.17) is 17.3 Å². The lowest BCUT2D eigenvalue weighted by molar-refractivity contribution is -0.143. The molecule has 2 amide bonds. The second kappa shape index (κ2) is 9.48. The number of benzene rings is 1. The van der Waals surface area contributed by atoms with Gasteiger partial charge in [-0.1, -0.05) is 80.3 Å². The molecule has 0 spiro atoms. The highest BCUT2D eigenvalue weighted by Gasteiger charge is 2.34. The smallest absolute Gasteiger partial charge is 0.326 e. The van der Waals surface area contributed by atoms with E-state index in [1.54, 1.807) is 26.0 Å². The zero-order valence-corrected chi connectivity index (χ0v) is 16.5. The van der Waals surface area contributed by atoms with E-state index in [-0.39, 0.29) is 22.7 Å². The van der Waals surface area contributed by atoms with Crippen molar-refractivity contribution < 1.29 is 19.5 Å². The highest BCUT2D eigenvalue weighted by Crippen LogP contribution is 2.30. The summed E-state index contributed by atoms with van der Waals surface area (Å²) in [6.07, 6.45) is 5.26. The van der Waals surface area contributed by atoms with Crippen LogP contribution in [0.1, 0.15) is 19.4 Å². The fourth-order valence-electron chi connectivity index (χ4n) is 2.34. The molecule has 0 radical (unpaired) electrons. The van der Waals surface area contributed by atoms with Crippen molar-refractivity contribution in [3.05, 3.63) is 53.0 Å². The molecule has 6 nitrogen and oxygen atoms in total. The maximum atomic E-state index is 12.5. The number of nitrogens with zero attached hydrogens (tertiary/aromatic N) is 1. The monoisotopic (exact) mass is 404 g/mol. The molecule has 1 aromatic rings. The number of hydrogen-bond acceptors (Lipinski definition) is 5. The van der Waals surface area contributed by atoms with E-state index in [1.807, 2.05) is 36.4 Å². The van der Waals surface area contributed by atoms with Crippen LogP contribution in [-0.2, 0) is 14.4 Å². The van der Waals surface area contributed by atoms with Crippen LogP contribution >= 0.6 is 24.0 Å². The quantitative estimate of drug-likeness (QED) is 0.537. The zero-order valence-electron chi connectivity index (χ0n) is 14.9. The van der Waals surface area contributed by atoms with E-state index in [9.17, 15) is 14.4 Å². The van der Waals surface area contributed by atoms with Crippen molar-refractivity contribution >= 4 is 52.2 Å². The molecule has 0 bridgehead atoms. The summed E-state index contributed by atoms with van der Waals surface area (Å²) in [4.78, 5) is 37.4. The maximum Gasteiger partial charge on any atom is 0.326 e. The minimum Gasteiger partial charge on any atom is -0.480 e. The molecule has 1 unspecified atom stereocenters. The summed E-state index contributed by atoms with van der Waals surface area (Å²) >= 11 is 6.29. The number of carboxylic acid groups (broad SMARTS) is 1. The number of carbonyl (C=O) groups is 3. The third-order valence-electron chi connectivity index (χ3n) is 3.76. The fourth-order valence-corrected chi connectivity index (χ4v) is 3.54. The van der Waals surface area contributed by atoms with Crippen molar-refractivity contribution in [2.24, 2.45) is 5.92 Å². The van der Waals surface area contributed by atoms with E-state index in [2.05, 4.69) is 5.32 Å². The molecule has 0 aromatic heterocycles. The number of hydrogen-bond donors (Lipinski definition) is 2. The molecule has 27 heavy (non-hydrogen) atoms. The number of carboxylic acids is 1. The molecule has 1 aliphatic rings. The Morgan fingerprint density at radius 1 is 1.30 bits per heavy atom. The Labute approximate surface area is 167 Å². The standard InChI is InChI=1S/C19H20N2O4S2/c1-12(2)16(18(24)25)20-15(22)11-21-17(23)14(27-19(21)26)10-6-9-13-7-4-3-5-8-13/h3-10,12,16H,11H2,1-2H3,(H,20,22)(H,24,25)/b9-6+,14-10-. The summed E-state index contributed by atoms with van der Waals surface area (Å²) in [6, 6.07) is 8.61. The van der Waals surface area contributed by atoms with Gasteiger partial charge < -0.3 is 10.4 Å². The normalized spacial score (nSPS) is 17.1. The SMILES string of the molecule is CC(C)C(NC(=O)CN1C(=O)/C(=C/C=C/c2ccccc2)SC1=S)C(=O)O. The summed E-state index contributed by atoms with van der Waals surface area (Å²) in [7, 11) is 0. The van der Waals surface area contributed by atoms with Gasteiger partial charge in [0.15, 0.2) is 0 Å². The molecule has 2 rings (SSSR count). The summed E-state index contributed by atoms with van der Waals surface area (Å²) in [5.74, 6) is -2.32. The van der Waals surface area contributed by atoms with Crippen LogP contribution in [-0.4, -0.2) is 44.7 Å². The van der Waals surface area contributed by atoms with Crippen LogP contribution in [0.2, 0.25) is 0 Å². The number of amides is 2. The first-order valence-corrected chi connectivity index (χ1v) is 9.51. The van der Waals surface area contributed by atoms with Crippen LogP contribution in [0.4, 0.5) is 0 Å². The lowest BCUT2D eigenvalue weighted by Gasteiger charge is -2.20. The van der Waals surface area contributed by atoms with Gasteiger partial charge in [0, 0.05) is 0 Å². The summed E-state index contributed by atoms with van der Waals surface area (Å²) in [5, 5.41) is 11.6. The van der Waals surface area contributed by atoms with Crippen molar-refractivity contribution in [1.29, 1.82) is 0 Å². The van der Waals surface area contributed by atoms with Gasteiger partial charge in [-0.05, 0) is 17.6 Å². The van der Waals surface area contributed by atoms with E-state index in [0.29, 0.717) is 4.91 Å². The largest absolute Gasteiger partial charge is 0.480 e. The van der Waals surface area contributed by atoms with Gasteiger partial charge in [-0.25, -0.2) is 4.79 Å². The Morgan fingerprint density at radius 2 is 1.96 bits per heavy atom. The van der Waals surface area contributed by atoms with Crippen molar-refractivity contribution in [2.75, 3.05) is 6.54 Å². The molecule has 1 saturated heterocycles. The van der Waals surface area contributed by atoms with E-state index in [1.165, 1.54) is 4.90 Å². The van der Waals surface area contributed by atoms with E-state index >= 15 is 0 Å². The molecule has 2 N–H and O–H groups in total. The maximum absolute atomic E-state index is 12.5. The van der Waals surface area contributed by atoms with Gasteiger partial charge in [-0.3, -0.25) is 14.5 Å². The average Bonchev–Trinajstić information content (AvgIpc) is 2.87. The number of carbonyl (C=O) groups excluding carboxylic acids is 2. The second-order valence-electron chi connectivity index (χ2n) is 6.19. The summed E-state index contributed by atoms with van der Waals surface area (Å²) in [5.41, 5.74) is 0.997. The van der Waals surface area contributed by atoms with Crippen molar-refractivity contribution in [1.82, 2.24) is 10.2 Å². The third-order valence-corrected chi connectivity index (χ3v) is 5.16. The Bertz CT molecular complexity index is 803. The van der Waals surface area contributed by atoms with Gasteiger partial charge in [0.05, 0.1) is 4.91 Å². The molecular weight excluding hydrogens is 384 g/mol. The van der Waals surface area contributed by atoms with E-state index < -0.39 is 17.9 Å². The Balaban J connectivity index is 2.01. The first kappa shape index (κ1) is 20.9. The number of allylic oxidation sites excluding steroid dienone is 2. The Hall–Kier alpha value is -2.45. The minimum absolute atomic E-state index is 0.269. The predicted octanol–water partition coefficient (Wildman–Crippen LogP) is 2.67. The number of thioether (sulfide) groups is 1. The average molecular weight is 405 g/mol. The highest BCUT2D eigenvalue weighted by atomic mass is 32.2. The first-order chi connectivity index (χ1) is 12.8. The molecule has 1 heterocycles. The Morgan fingerprint density at radius 3 is 2.56 bits per heavy atom. The molecule has 0 aliphatic carbocycles. The number of aliphatic carboxylic acids is 1. The van der Waals surface area contributed by atoms with Crippen LogP contribution in [0, 0.1) is 5.92 Å². The number of rotatable bonds is 7. The molecular formula is C19H20N2O4S2. The molecule has 1 atom stereocenters. The van der Waals surface area contributed by atoms with Gasteiger partial charge in [0.25, 0.3) is 5.91 Å². The zero-order chi connectivity index (χ0) is 20.0. The molecule has 0 saturated carbocycles. The van der Waals surface area contributed by atoms with Gasteiger partial charge in [-0.15, -0.1) is 0 Å². The first-order valence-electron chi connectivity index (χ1n) is 8.29. The molecule has 8 heteroatoms. The van der Waals surface area contributed by atoms with Gasteiger partial charge in [0.2, 0.25) is 5.91 Å². The summed E-state index contributed by atoms with van der Waals surface area (Å²) < 4.78 is 0.269. The van der Waals surface area contributed by atoms with Crippen molar-refractivity contribution in [3.63, 3.8) is 0 Å². The van der Waals surface area contributed by atoms with Crippen molar-refractivity contribution in [2.45, 2.75) is 19.9 Å². The minimum atomic E-state index is -1.12. The van der Waals surface area contributed by atoms with Crippen LogP contribution in [0.5, 0.6) is 0 Å². The molecule has 1 aliphatic heterocycles. The molecule has 1 fully saturated rings. The summed E-state index contributed by atoms with van der Waals surface area (Å²) in [6.45, 7) is 3.09. The van der Waals surface area contributed by atoms with Gasteiger partial charge in [0.1, 0.15) is 16.9 Å². The highest BCUT2D eigenvalue weighted by molar-refractivity contribution is 8.26. The van der Waals surface area contributed by atoms with Crippen molar-refractivity contribution in [3.8, 4) is 0 Å². The Kier molecular flexibility index (Phi) is 7.32. The predicted molar refractivity (Wildman–Crippen MR) is 110 cm³/mol. The van der Waals surface area contributed by atoms with Crippen LogP contribution in [0.25, 0.3) is 6.08 Å². The third kappa shape index (κ3) is 5.77. The van der Waals surface area contributed by atoms with Crippen LogP contribution in [0.15, 0.2) is 47.4 Å². The van der Waals surface area contributed by atoms with E-state index in [0.717, 1.165) is 17.3 Å². The lowest BCUT2D eigenvalue weighted by atomic mass is 10.0. The number of thiocarbonyl (C=S) groups is 1. The van der Waals surface area contributed by atoms with Crippen LogP contribution < -0.4 is 5.32 Å². The fraction of sp³-hybridized carbons (Fsp3) is 0.263. The van der Waals surface area contributed by atoms with Gasteiger partial charge in [-0.2, -0.15) is 0 Å². The molecule has 142 valence electrons.